The summed E-state index contributed by atoms with van der Waals surface area (Å²) in [6, 6.07) is 11.0. The van der Waals surface area contributed by atoms with Crippen LogP contribution in [0.5, 0.6) is 11.5 Å². The van der Waals surface area contributed by atoms with Gasteiger partial charge in [0.05, 0.1) is 18.1 Å². The van der Waals surface area contributed by atoms with Crippen molar-refractivity contribution in [1.82, 2.24) is 4.90 Å². The first-order chi connectivity index (χ1) is 13.5. The summed E-state index contributed by atoms with van der Waals surface area (Å²) in [5.74, 6) is 0.374. The molecule has 0 atom stereocenters. The maximum Gasteiger partial charge on any atom is 0.293 e. The molecule has 5 nitrogen and oxygen atoms in total. The highest BCUT2D eigenvalue weighted by Crippen LogP contribution is 2.34. The van der Waals surface area contributed by atoms with Crippen molar-refractivity contribution in [3.63, 3.8) is 0 Å². The standard InChI is InChI=1S/C20H17BrFNO4S/c1-2-26-17-8-3-14(21)11-13(17)12-18-19(24)23(20(25)28-18)9-10-27-16-6-4-15(22)5-7-16/h3-8,11-12H,2,9-10H2,1H3/b18-12-. The number of imide groups is 1. The summed E-state index contributed by atoms with van der Waals surface area (Å²) in [7, 11) is 0. The minimum Gasteiger partial charge on any atom is -0.493 e. The minimum atomic E-state index is -0.375. The van der Waals surface area contributed by atoms with Gasteiger partial charge in [-0.3, -0.25) is 14.5 Å². The number of thioether (sulfide) groups is 1. The van der Waals surface area contributed by atoms with Crippen molar-refractivity contribution < 1.29 is 23.5 Å². The SMILES string of the molecule is CCOc1ccc(Br)cc1/C=C1\SC(=O)N(CCOc2ccc(F)cc2)C1=O. The minimum absolute atomic E-state index is 0.107. The molecule has 0 aliphatic carbocycles. The van der Waals surface area contributed by atoms with Crippen LogP contribution >= 0.6 is 27.7 Å². The molecule has 0 bridgehead atoms. The van der Waals surface area contributed by atoms with E-state index in [0.717, 1.165) is 21.1 Å². The van der Waals surface area contributed by atoms with Crippen molar-refractivity contribution in [3.8, 4) is 11.5 Å². The van der Waals surface area contributed by atoms with E-state index in [-0.39, 0.29) is 30.1 Å². The zero-order chi connectivity index (χ0) is 20.1. The summed E-state index contributed by atoms with van der Waals surface area (Å²) in [6.07, 6.45) is 1.65. The van der Waals surface area contributed by atoms with E-state index in [1.807, 2.05) is 19.1 Å². The first kappa shape index (κ1) is 20.4. The number of nitrogens with zero attached hydrogens (tertiary/aromatic N) is 1. The van der Waals surface area contributed by atoms with Gasteiger partial charge in [0.2, 0.25) is 0 Å². The quantitative estimate of drug-likeness (QED) is 0.532. The Morgan fingerprint density at radius 1 is 1.14 bits per heavy atom. The van der Waals surface area contributed by atoms with Crippen molar-refractivity contribution in [3.05, 3.63) is 63.2 Å². The Hall–Kier alpha value is -2.32. The fourth-order valence-electron chi connectivity index (χ4n) is 2.54. The monoisotopic (exact) mass is 465 g/mol. The maximum absolute atomic E-state index is 12.9. The number of carbonyl (C=O) groups is 2. The molecule has 0 aromatic heterocycles. The lowest BCUT2D eigenvalue weighted by Crippen LogP contribution is -2.32. The van der Waals surface area contributed by atoms with Crippen molar-refractivity contribution in [2.45, 2.75) is 6.92 Å². The summed E-state index contributed by atoms with van der Waals surface area (Å²) >= 11 is 4.28. The summed E-state index contributed by atoms with van der Waals surface area (Å²) in [5.41, 5.74) is 0.712. The Bertz CT molecular complexity index is 917. The third-order valence-corrected chi connectivity index (χ3v) is 5.23. The Morgan fingerprint density at radius 2 is 1.89 bits per heavy atom. The number of hydrogen-bond donors (Lipinski definition) is 0. The van der Waals surface area contributed by atoms with Crippen LogP contribution in [0.2, 0.25) is 0 Å². The van der Waals surface area contributed by atoms with Gasteiger partial charge in [-0.25, -0.2) is 4.39 Å². The van der Waals surface area contributed by atoms with Gasteiger partial charge in [-0.2, -0.15) is 0 Å². The molecule has 0 unspecified atom stereocenters. The largest absolute Gasteiger partial charge is 0.493 e. The van der Waals surface area contributed by atoms with Crippen LogP contribution in [0.15, 0.2) is 51.8 Å². The molecule has 0 N–H and O–H groups in total. The molecule has 8 heteroatoms. The Kier molecular flexibility index (Phi) is 6.74. The molecule has 2 aromatic rings. The van der Waals surface area contributed by atoms with Crippen molar-refractivity contribution >= 4 is 44.9 Å². The number of amides is 2. The second kappa shape index (κ2) is 9.25. The Balaban J connectivity index is 1.68. The smallest absolute Gasteiger partial charge is 0.293 e. The highest BCUT2D eigenvalue weighted by Gasteiger charge is 2.35. The topological polar surface area (TPSA) is 55.8 Å². The van der Waals surface area contributed by atoms with E-state index >= 15 is 0 Å². The third kappa shape index (κ3) is 4.94. The van der Waals surface area contributed by atoms with E-state index in [2.05, 4.69) is 15.9 Å². The maximum atomic E-state index is 12.9. The van der Waals surface area contributed by atoms with Gasteiger partial charge >= 0.3 is 0 Å². The Morgan fingerprint density at radius 3 is 2.61 bits per heavy atom. The predicted molar refractivity (Wildman–Crippen MR) is 110 cm³/mol. The number of halogens is 2. The molecular weight excluding hydrogens is 449 g/mol. The van der Waals surface area contributed by atoms with Crippen LogP contribution in [0.1, 0.15) is 12.5 Å². The zero-order valence-corrected chi connectivity index (χ0v) is 17.4. The molecule has 1 fully saturated rings. The average Bonchev–Trinajstić information content (AvgIpc) is 2.93. The normalized spacial score (nSPS) is 15.4. The zero-order valence-electron chi connectivity index (χ0n) is 15.0. The fourth-order valence-corrected chi connectivity index (χ4v) is 3.77. The number of ether oxygens (including phenoxy) is 2. The van der Waals surface area contributed by atoms with Crippen LogP contribution in [0.3, 0.4) is 0 Å². The van der Waals surface area contributed by atoms with Gasteiger partial charge in [-0.1, -0.05) is 15.9 Å². The van der Waals surface area contributed by atoms with Crippen LogP contribution in [-0.4, -0.2) is 35.8 Å². The number of rotatable bonds is 7. The third-order valence-electron chi connectivity index (χ3n) is 3.83. The molecule has 28 heavy (non-hydrogen) atoms. The Labute approximate surface area is 174 Å². The molecule has 1 saturated heterocycles. The molecule has 1 aliphatic rings. The number of carbonyl (C=O) groups excluding carboxylic acids is 2. The molecule has 1 aliphatic heterocycles. The van der Waals surface area contributed by atoms with E-state index < -0.39 is 0 Å². The van der Waals surface area contributed by atoms with E-state index in [1.54, 1.807) is 12.1 Å². The highest BCUT2D eigenvalue weighted by atomic mass is 79.9. The molecule has 2 amide bonds. The summed E-state index contributed by atoms with van der Waals surface area (Å²) < 4.78 is 24.8. The van der Waals surface area contributed by atoms with E-state index in [9.17, 15) is 14.0 Å². The van der Waals surface area contributed by atoms with Gasteiger partial charge in [-0.15, -0.1) is 0 Å². The van der Waals surface area contributed by atoms with E-state index in [4.69, 9.17) is 9.47 Å². The summed E-state index contributed by atoms with van der Waals surface area (Å²) in [6.45, 7) is 2.60. The average molecular weight is 466 g/mol. The number of hydrogen-bond acceptors (Lipinski definition) is 5. The molecule has 1 heterocycles. The first-order valence-corrected chi connectivity index (χ1v) is 10.1. The van der Waals surface area contributed by atoms with Gasteiger partial charge in [0, 0.05) is 10.0 Å². The van der Waals surface area contributed by atoms with Crippen LogP contribution < -0.4 is 9.47 Å². The van der Waals surface area contributed by atoms with Gasteiger partial charge in [0.15, 0.2) is 0 Å². The lowest BCUT2D eigenvalue weighted by atomic mass is 10.2. The van der Waals surface area contributed by atoms with E-state index in [0.29, 0.717) is 28.6 Å². The second-order valence-electron chi connectivity index (χ2n) is 5.75. The van der Waals surface area contributed by atoms with Crippen LogP contribution in [0, 0.1) is 5.82 Å². The summed E-state index contributed by atoms with van der Waals surface area (Å²) in [5, 5.41) is -0.355. The molecule has 2 aromatic carbocycles. The van der Waals surface area contributed by atoms with Gasteiger partial charge in [0.25, 0.3) is 11.1 Å². The lowest BCUT2D eigenvalue weighted by Gasteiger charge is -2.13. The van der Waals surface area contributed by atoms with Gasteiger partial charge in [-0.05, 0) is 67.2 Å². The molecule has 3 rings (SSSR count). The second-order valence-corrected chi connectivity index (χ2v) is 7.66. The number of benzene rings is 2. The first-order valence-electron chi connectivity index (χ1n) is 8.54. The van der Waals surface area contributed by atoms with E-state index in [1.165, 1.54) is 24.3 Å². The molecule has 0 radical (unpaired) electrons. The molecule has 0 saturated carbocycles. The van der Waals surface area contributed by atoms with Gasteiger partial charge in [0.1, 0.15) is 23.9 Å². The molecule has 146 valence electrons. The predicted octanol–water partition coefficient (Wildman–Crippen LogP) is 5.10. The summed E-state index contributed by atoms with van der Waals surface area (Å²) in [4.78, 5) is 26.3. The van der Waals surface area contributed by atoms with Crippen molar-refractivity contribution in [2.75, 3.05) is 19.8 Å². The van der Waals surface area contributed by atoms with Crippen LogP contribution in [0.25, 0.3) is 6.08 Å². The van der Waals surface area contributed by atoms with Crippen molar-refractivity contribution in [1.29, 1.82) is 0 Å². The highest BCUT2D eigenvalue weighted by molar-refractivity contribution is 9.10. The molecular formula is C20H17BrFNO4S. The van der Waals surface area contributed by atoms with Crippen LogP contribution in [0.4, 0.5) is 9.18 Å². The fraction of sp³-hybridized carbons (Fsp3) is 0.200. The van der Waals surface area contributed by atoms with Gasteiger partial charge < -0.3 is 9.47 Å². The lowest BCUT2D eigenvalue weighted by molar-refractivity contribution is -0.123. The van der Waals surface area contributed by atoms with Crippen molar-refractivity contribution in [2.24, 2.45) is 0 Å². The molecule has 0 spiro atoms. The van der Waals surface area contributed by atoms with Crippen LogP contribution in [-0.2, 0) is 4.79 Å².